The third-order valence-corrected chi connectivity index (χ3v) is 7.81. The number of thiophene rings is 1. The molecular formula is C11H13BrN2O3S2. The van der Waals surface area contributed by atoms with Crippen molar-refractivity contribution in [2.45, 2.75) is 36.1 Å². The fraction of sp³-hybridized carbons (Fsp3) is 0.545. The molecule has 1 aromatic heterocycles. The molecule has 2 rings (SSSR count). The average Bonchev–Trinajstić information content (AvgIpc) is 2.76. The number of hydrogen-bond acceptors (Lipinski definition) is 5. The van der Waals surface area contributed by atoms with Crippen molar-refractivity contribution in [1.82, 2.24) is 4.31 Å². The zero-order valence-corrected chi connectivity index (χ0v) is 13.5. The first kappa shape index (κ1) is 14.9. The fourth-order valence-corrected chi connectivity index (χ4v) is 6.33. The summed E-state index contributed by atoms with van der Waals surface area (Å²) in [4.78, 5) is 14.0. The Kier molecular flexibility index (Phi) is 4.58. The molecule has 19 heavy (non-hydrogen) atoms. The second kappa shape index (κ2) is 5.85. The molecule has 0 N–H and O–H groups in total. The van der Waals surface area contributed by atoms with E-state index in [9.17, 15) is 13.2 Å². The van der Waals surface area contributed by atoms with Crippen molar-refractivity contribution in [2.75, 3.05) is 6.54 Å². The standard InChI is InChI=1S/C11H13BrN2O3S2/c1-8-6-9(13-7-15)2-4-14(8)19(16,17)11-10(12)3-5-18-11/h3,5,8-9H,2,4,6H2,1H3. The van der Waals surface area contributed by atoms with Gasteiger partial charge in [0, 0.05) is 17.1 Å². The maximum atomic E-state index is 12.5. The Hall–Kier alpha value is -0.530. The first-order valence-electron chi connectivity index (χ1n) is 5.78. The molecule has 1 aliphatic heterocycles. The van der Waals surface area contributed by atoms with E-state index in [1.807, 2.05) is 6.92 Å². The van der Waals surface area contributed by atoms with Gasteiger partial charge in [-0.3, -0.25) is 0 Å². The Labute approximate surface area is 124 Å². The van der Waals surface area contributed by atoms with Crippen LogP contribution in [0.15, 0.2) is 25.1 Å². The molecule has 0 radical (unpaired) electrons. The van der Waals surface area contributed by atoms with Crippen LogP contribution in [0.3, 0.4) is 0 Å². The molecule has 0 aromatic carbocycles. The van der Waals surface area contributed by atoms with E-state index in [1.165, 1.54) is 15.6 Å². The van der Waals surface area contributed by atoms with Gasteiger partial charge in [-0.05, 0) is 47.1 Å². The van der Waals surface area contributed by atoms with Crippen molar-refractivity contribution < 1.29 is 13.2 Å². The zero-order valence-electron chi connectivity index (χ0n) is 10.2. The van der Waals surface area contributed by atoms with Gasteiger partial charge in [0.1, 0.15) is 4.21 Å². The van der Waals surface area contributed by atoms with Gasteiger partial charge in [-0.25, -0.2) is 18.2 Å². The molecule has 104 valence electrons. The summed E-state index contributed by atoms with van der Waals surface area (Å²) in [6.45, 7) is 2.22. The predicted octanol–water partition coefficient (Wildman–Crippen LogP) is 2.39. The normalized spacial score (nSPS) is 24.9. The lowest BCUT2D eigenvalue weighted by Gasteiger charge is -2.34. The van der Waals surface area contributed by atoms with Crippen molar-refractivity contribution in [3.05, 3.63) is 15.9 Å². The van der Waals surface area contributed by atoms with Crippen LogP contribution < -0.4 is 0 Å². The second-order valence-corrected chi connectivity index (χ2v) is 8.28. The maximum absolute atomic E-state index is 12.5. The van der Waals surface area contributed by atoms with Crippen LogP contribution in [0, 0.1) is 0 Å². The molecule has 2 heterocycles. The number of aliphatic imine (C=N–C) groups is 1. The van der Waals surface area contributed by atoms with Crippen LogP contribution in [-0.4, -0.2) is 37.4 Å². The largest absolute Gasteiger partial charge is 0.253 e. The van der Waals surface area contributed by atoms with Crippen LogP contribution in [0.1, 0.15) is 19.8 Å². The Morgan fingerprint density at radius 2 is 2.32 bits per heavy atom. The number of isocyanates is 1. The van der Waals surface area contributed by atoms with Crippen LogP contribution in [0.25, 0.3) is 0 Å². The molecular weight excluding hydrogens is 352 g/mol. The molecule has 1 aromatic rings. The number of halogens is 1. The summed E-state index contributed by atoms with van der Waals surface area (Å²) < 4.78 is 27.5. The first-order chi connectivity index (χ1) is 8.96. The molecule has 1 saturated heterocycles. The summed E-state index contributed by atoms with van der Waals surface area (Å²) >= 11 is 4.46. The van der Waals surface area contributed by atoms with Gasteiger partial charge in [0.15, 0.2) is 0 Å². The molecule has 0 amide bonds. The van der Waals surface area contributed by atoms with Crippen molar-refractivity contribution in [1.29, 1.82) is 0 Å². The Morgan fingerprint density at radius 3 is 2.84 bits per heavy atom. The fourth-order valence-electron chi connectivity index (χ4n) is 2.25. The van der Waals surface area contributed by atoms with E-state index in [1.54, 1.807) is 17.5 Å². The number of hydrogen-bond donors (Lipinski definition) is 0. The minimum atomic E-state index is -3.47. The lowest BCUT2D eigenvalue weighted by atomic mass is 10.0. The number of carbonyl (C=O) groups excluding carboxylic acids is 1. The summed E-state index contributed by atoms with van der Waals surface area (Å²) in [7, 11) is -3.47. The molecule has 2 atom stereocenters. The number of rotatable bonds is 3. The topological polar surface area (TPSA) is 66.8 Å². The van der Waals surface area contributed by atoms with Crippen molar-refractivity contribution in [3.63, 3.8) is 0 Å². The molecule has 2 unspecified atom stereocenters. The molecule has 0 spiro atoms. The highest BCUT2D eigenvalue weighted by Crippen LogP contribution is 2.33. The smallest absolute Gasteiger partial charge is 0.211 e. The Balaban J connectivity index is 2.24. The number of piperidine rings is 1. The molecule has 8 heteroatoms. The van der Waals surface area contributed by atoms with Gasteiger partial charge in [0.25, 0.3) is 10.0 Å². The quantitative estimate of drug-likeness (QED) is 0.610. The first-order valence-corrected chi connectivity index (χ1v) is 8.90. The van der Waals surface area contributed by atoms with Gasteiger partial charge >= 0.3 is 0 Å². The third kappa shape index (κ3) is 2.98. The van der Waals surface area contributed by atoms with Crippen molar-refractivity contribution >= 4 is 43.4 Å². The average molecular weight is 365 g/mol. The third-order valence-electron chi connectivity index (χ3n) is 3.15. The number of nitrogens with zero attached hydrogens (tertiary/aromatic N) is 2. The molecule has 5 nitrogen and oxygen atoms in total. The summed E-state index contributed by atoms with van der Waals surface area (Å²) in [5.74, 6) is 0. The molecule has 0 aliphatic carbocycles. The number of sulfonamides is 1. The summed E-state index contributed by atoms with van der Waals surface area (Å²) in [6.07, 6.45) is 2.66. The van der Waals surface area contributed by atoms with Gasteiger partial charge in [-0.15, -0.1) is 11.3 Å². The maximum Gasteiger partial charge on any atom is 0.253 e. The highest BCUT2D eigenvalue weighted by molar-refractivity contribution is 9.10. The lowest BCUT2D eigenvalue weighted by Crippen LogP contribution is -2.45. The lowest BCUT2D eigenvalue weighted by molar-refractivity contribution is 0.248. The zero-order chi connectivity index (χ0) is 14.0. The van der Waals surface area contributed by atoms with E-state index in [4.69, 9.17) is 0 Å². The van der Waals surface area contributed by atoms with Gasteiger partial charge in [0.2, 0.25) is 6.08 Å². The van der Waals surface area contributed by atoms with Crippen molar-refractivity contribution in [2.24, 2.45) is 4.99 Å². The van der Waals surface area contributed by atoms with Crippen LogP contribution in [0.5, 0.6) is 0 Å². The van der Waals surface area contributed by atoms with Crippen LogP contribution in [-0.2, 0) is 14.8 Å². The Morgan fingerprint density at radius 1 is 1.58 bits per heavy atom. The van der Waals surface area contributed by atoms with E-state index in [2.05, 4.69) is 20.9 Å². The minimum absolute atomic E-state index is 0.120. The second-order valence-electron chi connectivity index (χ2n) is 4.42. The molecule has 1 fully saturated rings. The van der Waals surface area contributed by atoms with Crippen LogP contribution in [0.2, 0.25) is 0 Å². The van der Waals surface area contributed by atoms with E-state index in [-0.39, 0.29) is 12.1 Å². The minimum Gasteiger partial charge on any atom is -0.211 e. The molecule has 0 saturated carbocycles. The summed E-state index contributed by atoms with van der Waals surface area (Å²) in [5.41, 5.74) is 0. The van der Waals surface area contributed by atoms with Crippen LogP contribution in [0.4, 0.5) is 0 Å². The van der Waals surface area contributed by atoms with E-state index in [0.717, 1.165) is 0 Å². The highest BCUT2D eigenvalue weighted by Gasteiger charge is 2.36. The van der Waals surface area contributed by atoms with Gasteiger partial charge in [0.05, 0.1) is 6.04 Å². The van der Waals surface area contributed by atoms with Gasteiger partial charge in [-0.1, -0.05) is 0 Å². The molecule has 1 aliphatic rings. The summed E-state index contributed by atoms with van der Waals surface area (Å²) in [6, 6.07) is 1.44. The predicted molar refractivity (Wildman–Crippen MR) is 76.5 cm³/mol. The van der Waals surface area contributed by atoms with Gasteiger partial charge < -0.3 is 0 Å². The van der Waals surface area contributed by atoms with E-state index in [0.29, 0.717) is 28.1 Å². The van der Waals surface area contributed by atoms with Gasteiger partial charge in [-0.2, -0.15) is 4.31 Å². The van der Waals surface area contributed by atoms with E-state index < -0.39 is 10.0 Å². The van der Waals surface area contributed by atoms with Crippen molar-refractivity contribution in [3.8, 4) is 0 Å². The SMILES string of the molecule is CC1CC(N=C=O)CCN1S(=O)(=O)c1sccc1Br. The Bertz CT molecular complexity index is 607. The van der Waals surface area contributed by atoms with E-state index >= 15 is 0 Å². The monoisotopic (exact) mass is 364 g/mol. The highest BCUT2D eigenvalue weighted by atomic mass is 79.9. The summed E-state index contributed by atoms with van der Waals surface area (Å²) in [5, 5.41) is 1.74. The molecule has 0 bridgehead atoms. The van der Waals surface area contributed by atoms with Crippen LogP contribution >= 0.6 is 27.3 Å².